The van der Waals surface area contributed by atoms with Crippen molar-refractivity contribution in [3.63, 3.8) is 0 Å². The summed E-state index contributed by atoms with van der Waals surface area (Å²) in [4.78, 5) is 18.8. The Morgan fingerprint density at radius 1 is 1.19 bits per heavy atom. The zero-order chi connectivity index (χ0) is 26.5. The SMILES string of the molecule is CC(C)(C)[C@H](c1nc(-c2cc(F)ccc2F)cn1Cc1ccccc1)N(CC[C@H](N)CF)C(=O)NO. The van der Waals surface area contributed by atoms with Crippen molar-refractivity contribution in [2.24, 2.45) is 11.1 Å². The van der Waals surface area contributed by atoms with E-state index in [0.29, 0.717) is 12.4 Å². The number of nitrogens with one attached hydrogen (secondary N) is 1. The van der Waals surface area contributed by atoms with Crippen molar-refractivity contribution in [1.29, 1.82) is 0 Å². The average Bonchev–Trinajstić information content (AvgIpc) is 3.24. The highest BCUT2D eigenvalue weighted by Gasteiger charge is 2.38. The van der Waals surface area contributed by atoms with Gasteiger partial charge in [0.15, 0.2) is 0 Å². The number of carbonyl (C=O) groups is 1. The Balaban J connectivity index is 2.18. The lowest BCUT2D eigenvalue weighted by molar-refractivity contribution is 0.0745. The van der Waals surface area contributed by atoms with Gasteiger partial charge in [-0.15, -0.1) is 0 Å². The van der Waals surface area contributed by atoms with Gasteiger partial charge in [-0.3, -0.25) is 5.21 Å². The van der Waals surface area contributed by atoms with Crippen molar-refractivity contribution < 1.29 is 23.2 Å². The minimum Gasteiger partial charge on any atom is -0.328 e. The van der Waals surface area contributed by atoms with Crippen LogP contribution >= 0.6 is 0 Å². The topological polar surface area (TPSA) is 96.4 Å². The fourth-order valence-corrected chi connectivity index (χ4v) is 4.17. The highest BCUT2D eigenvalue weighted by molar-refractivity contribution is 5.73. The Bertz CT molecular complexity index is 1160. The molecule has 0 saturated carbocycles. The smallest absolute Gasteiger partial charge is 0.328 e. The second-order valence-corrected chi connectivity index (χ2v) is 9.80. The lowest BCUT2D eigenvalue weighted by Gasteiger charge is -2.39. The predicted octanol–water partition coefficient (Wildman–Crippen LogP) is 5.05. The first-order valence-electron chi connectivity index (χ1n) is 11.6. The molecule has 0 aliphatic heterocycles. The maximum Gasteiger partial charge on any atom is 0.341 e. The van der Waals surface area contributed by atoms with Gasteiger partial charge in [0.1, 0.15) is 24.1 Å². The maximum atomic E-state index is 14.7. The van der Waals surface area contributed by atoms with Crippen molar-refractivity contribution >= 4 is 6.03 Å². The van der Waals surface area contributed by atoms with Crippen LogP contribution in [0.5, 0.6) is 0 Å². The third-order valence-corrected chi connectivity index (χ3v) is 5.88. The molecule has 0 saturated heterocycles. The summed E-state index contributed by atoms with van der Waals surface area (Å²) in [5, 5.41) is 9.48. The molecule has 1 aromatic heterocycles. The van der Waals surface area contributed by atoms with E-state index in [9.17, 15) is 23.2 Å². The summed E-state index contributed by atoms with van der Waals surface area (Å²) in [7, 11) is 0. The van der Waals surface area contributed by atoms with Crippen molar-refractivity contribution in [1.82, 2.24) is 19.9 Å². The number of hydrogen-bond acceptors (Lipinski definition) is 4. The van der Waals surface area contributed by atoms with Crippen molar-refractivity contribution in [3.8, 4) is 11.3 Å². The van der Waals surface area contributed by atoms with Crippen LogP contribution in [0.1, 0.15) is 44.6 Å². The lowest BCUT2D eigenvalue weighted by Crippen LogP contribution is -2.48. The number of nitrogens with two attached hydrogens (primary N) is 1. The van der Waals surface area contributed by atoms with Crippen LogP contribution in [0.15, 0.2) is 54.7 Å². The summed E-state index contributed by atoms with van der Waals surface area (Å²) in [5.41, 5.74) is 7.88. The largest absolute Gasteiger partial charge is 0.341 e. The molecule has 194 valence electrons. The second kappa shape index (κ2) is 11.6. The number of hydrogen-bond donors (Lipinski definition) is 3. The number of rotatable bonds is 9. The summed E-state index contributed by atoms with van der Waals surface area (Å²) in [6.07, 6.45) is 1.75. The van der Waals surface area contributed by atoms with Crippen LogP contribution in [-0.4, -0.2) is 45.0 Å². The minimum absolute atomic E-state index is 0.0201. The molecule has 4 N–H and O–H groups in total. The van der Waals surface area contributed by atoms with Crippen LogP contribution in [0.3, 0.4) is 0 Å². The van der Waals surface area contributed by atoms with E-state index in [4.69, 9.17) is 5.73 Å². The van der Waals surface area contributed by atoms with Gasteiger partial charge in [0.25, 0.3) is 0 Å². The Kier molecular flexibility index (Phi) is 8.75. The van der Waals surface area contributed by atoms with E-state index in [2.05, 4.69) is 4.98 Å². The summed E-state index contributed by atoms with van der Waals surface area (Å²) < 4.78 is 43.5. The van der Waals surface area contributed by atoms with Crippen LogP contribution in [0.25, 0.3) is 11.3 Å². The minimum atomic E-state index is -0.811. The van der Waals surface area contributed by atoms with E-state index in [1.165, 1.54) is 4.90 Å². The molecule has 36 heavy (non-hydrogen) atoms. The Morgan fingerprint density at radius 3 is 2.50 bits per heavy atom. The molecule has 10 heteroatoms. The quantitative estimate of drug-likeness (QED) is 0.281. The van der Waals surface area contributed by atoms with Crippen LogP contribution < -0.4 is 11.2 Å². The van der Waals surface area contributed by atoms with Gasteiger partial charge in [0.2, 0.25) is 0 Å². The number of hydroxylamine groups is 1. The van der Waals surface area contributed by atoms with Gasteiger partial charge in [0, 0.05) is 30.9 Å². The van der Waals surface area contributed by atoms with E-state index in [-0.39, 0.29) is 24.2 Å². The number of imidazole rings is 1. The van der Waals surface area contributed by atoms with Gasteiger partial charge in [-0.25, -0.2) is 28.4 Å². The monoisotopic (exact) mass is 503 g/mol. The number of nitrogens with zero attached hydrogens (tertiary/aromatic N) is 3. The first kappa shape index (κ1) is 27.2. The lowest BCUT2D eigenvalue weighted by atomic mass is 9.84. The van der Waals surface area contributed by atoms with Gasteiger partial charge in [-0.1, -0.05) is 51.1 Å². The van der Waals surface area contributed by atoms with E-state index >= 15 is 0 Å². The fourth-order valence-electron chi connectivity index (χ4n) is 4.17. The van der Waals surface area contributed by atoms with E-state index in [0.717, 1.165) is 23.8 Å². The third-order valence-electron chi connectivity index (χ3n) is 5.88. The molecule has 0 radical (unpaired) electrons. The summed E-state index contributed by atoms with van der Waals surface area (Å²) in [5.74, 6) is -0.861. The van der Waals surface area contributed by atoms with Gasteiger partial charge < -0.3 is 15.2 Å². The Hall–Kier alpha value is -3.37. The molecule has 0 fully saturated rings. The molecule has 1 heterocycles. The number of halogens is 3. The molecule has 0 bridgehead atoms. The molecule has 0 aliphatic rings. The van der Waals surface area contributed by atoms with Gasteiger partial charge in [-0.2, -0.15) is 0 Å². The molecular weight excluding hydrogens is 471 g/mol. The highest BCUT2D eigenvalue weighted by atomic mass is 19.1. The molecule has 3 aromatic rings. The molecule has 2 aromatic carbocycles. The summed E-state index contributed by atoms with van der Waals surface area (Å²) >= 11 is 0. The van der Waals surface area contributed by atoms with Crippen molar-refractivity contribution in [2.45, 2.75) is 45.8 Å². The van der Waals surface area contributed by atoms with Crippen LogP contribution in [-0.2, 0) is 6.54 Å². The average molecular weight is 504 g/mol. The number of benzene rings is 2. The first-order valence-corrected chi connectivity index (χ1v) is 11.6. The standard InChI is InChI=1S/C26H32F3N5O2/c1-26(2,3)23(34(25(35)32-36)12-11-19(30)14-27)24-31-22(20-13-18(28)9-10-21(20)29)16-33(24)15-17-7-5-4-6-8-17/h4-10,13,16,19,23,36H,11-12,14-15,30H2,1-3H3,(H,32,35)/t19-,23-/m0/s1. The van der Waals surface area contributed by atoms with Crippen LogP contribution in [0, 0.1) is 17.0 Å². The molecule has 2 amide bonds. The molecule has 3 rings (SSSR count). The number of carbonyl (C=O) groups excluding carboxylic acids is 1. The zero-order valence-electron chi connectivity index (χ0n) is 20.6. The molecule has 7 nitrogen and oxygen atoms in total. The summed E-state index contributed by atoms with van der Waals surface area (Å²) in [6, 6.07) is 10.2. The number of alkyl halides is 1. The zero-order valence-corrected chi connectivity index (χ0v) is 20.6. The van der Waals surface area contributed by atoms with Crippen LogP contribution in [0.4, 0.5) is 18.0 Å². The maximum absolute atomic E-state index is 14.7. The molecule has 0 spiro atoms. The third kappa shape index (κ3) is 6.44. The number of urea groups is 1. The van der Waals surface area contributed by atoms with E-state index in [1.807, 2.05) is 51.1 Å². The number of aromatic nitrogens is 2. The van der Waals surface area contributed by atoms with Gasteiger partial charge >= 0.3 is 6.03 Å². The fraction of sp³-hybridized carbons (Fsp3) is 0.385. The molecule has 0 aliphatic carbocycles. The Morgan fingerprint density at radius 2 is 1.89 bits per heavy atom. The van der Waals surface area contributed by atoms with Crippen LogP contribution in [0.2, 0.25) is 0 Å². The second-order valence-electron chi connectivity index (χ2n) is 9.80. The number of amides is 2. The van der Waals surface area contributed by atoms with E-state index in [1.54, 1.807) is 16.2 Å². The molecule has 0 unspecified atom stereocenters. The van der Waals surface area contributed by atoms with Gasteiger partial charge in [0.05, 0.1) is 11.7 Å². The highest BCUT2D eigenvalue weighted by Crippen LogP contribution is 2.39. The summed E-state index contributed by atoms with van der Waals surface area (Å²) in [6.45, 7) is 5.25. The molecular formula is C26H32F3N5O2. The first-order chi connectivity index (χ1) is 17.0. The predicted molar refractivity (Wildman–Crippen MR) is 131 cm³/mol. The van der Waals surface area contributed by atoms with Crippen molar-refractivity contribution in [3.05, 3.63) is 77.8 Å². The Labute approximate surface area is 208 Å². The van der Waals surface area contributed by atoms with Crippen molar-refractivity contribution in [2.75, 3.05) is 13.2 Å². The normalized spacial score (nSPS) is 13.3. The van der Waals surface area contributed by atoms with E-state index < -0.39 is 41.8 Å². The van der Waals surface area contributed by atoms with Gasteiger partial charge in [-0.05, 0) is 35.6 Å². The molecule has 2 atom stereocenters.